The van der Waals surface area contributed by atoms with E-state index in [0.29, 0.717) is 11.4 Å². The molecule has 1 heterocycles. The van der Waals surface area contributed by atoms with Crippen LogP contribution in [0.5, 0.6) is 11.5 Å². The summed E-state index contributed by atoms with van der Waals surface area (Å²) in [5.74, 6) is 0.102. The molecule has 0 aliphatic rings. The van der Waals surface area contributed by atoms with Gasteiger partial charge in [-0.3, -0.25) is 4.79 Å². The lowest BCUT2D eigenvalue weighted by Crippen LogP contribution is -2.30. The molecule has 176 valence electrons. The second-order valence-corrected chi connectivity index (χ2v) is 9.84. The SMILES string of the molecule is CNc1nc(-c2ccc(OC)c(NC(=O)c3ccc(OC)c(S(=O)(=O)NC(C)C)c3)c2)cs1. The molecular formula is C22H26N4O5S2. The van der Waals surface area contributed by atoms with Crippen molar-refractivity contribution in [2.75, 3.05) is 31.9 Å². The number of nitrogens with zero attached hydrogens (tertiary/aromatic N) is 1. The Balaban J connectivity index is 1.95. The van der Waals surface area contributed by atoms with E-state index in [-0.39, 0.29) is 22.3 Å². The van der Waals surface area contributed by atoms with Gasteiger partial charge < -0.3 is 20.1 Å². The van der Waals surface area contributed by atoms with Crippen LogP contribution in [0, 0.1) is 0 Å². The maximum atomic E-state index is 13.0. The number of anilines is 2. The number of thiazole rings is 1. The summed E-state index contributed by atoms with van der Waals surface area (Å²) in [6.45, 7) is 3.42. The lowest BCUT2D eigenvalue weighted by molar-refractivity contribution is 0.102. The van der Waals surface area contributed by atoms with E-state index in [4.69, 9.17) is 9.47 Å². The highest BCUT2D eigenvalue weighted by Gasteiger charge is 2.23. The molecule has 11 heteroatoms. The normalized spacial score (nSPS) is 11.3. The van der Waals surface area contributed by atoms with Crippen LogP contribution in [-0.4, -0.2) is 46.6 Å². The van der Waals surface area contributed by atoms with E-state index < -0.39 is 15.9 Å². The van der Waals surface area contributed by atoms with Gasteiger partial charge in [0.1, 0.15) is 16.4 Å². The van der Waals surface area contributed by atoms with Crippen molar-refractivity contribution in [3.63, 3.8) is 0 Å². The minimum atomic E-state index is -3.88. The highest BCUT2D eigenvalue weighted by molar-refractivity contribution is 7.89. The fraction of sp³-hybridized carbons (Fsp3) is 0.273. The second kappa shape index (κ2) is 10.2. The number of nitrogens with one attached hydrogen (secondary N) is 3. The average Bonchev–Trinajstić information content (AvgIpc) is 3.27. The molecule has 3 rings (SSSR count). The van der Waals surface area contributed by atoms with Crippen molar-refractivity contribution in [1.29, 1.82) is 0 Å². The van der Waals surface area contributed by atoms with Gasteiger partial charge in [0.2, 0.25) is 10.0 Å². The number of sulfonamides is 1. The van der Waals surface area contributed by atoms with Crippen molar-refractivity contribution >= 4 is 38.1 Å². The summed E-state index contributed by atoms with van der Waals surface area (Å²) in [4.78, 5) is 17.4. The molecule has 0 radical (unpaired) electrons. The third kappa shape index (κ3) is 5.62. The number of ether oxygens (including phenoxy) is 2. The Hall–Kier alpha value is -3.15. The van der Waals surface area contributed by atoms with E-state index in [1.165, 1.54) is 43.8 Å². The topological polar surface area (TPSA) is 119 Å². The molecule has 1 amide bonds. The lowest BCUT2D eigenvalue weighted by Gasteiger charge is -2.15. The number of carbonyl (C=O) groups is 1. The summed E-state index contributed by atoms with van der Waals surface area (Å²) in [5, 5.41) is 8.48. The first-order chi connectivity index (χ1) is 15.7. The summed E-state index contributed by atoms with van der Waals surface area (Å²) in [5.41, 5.74) is 2.13. The number of benzene rings is 2. The largest absolute Gasteiger partial charge is 0.495 e. The van der Waals surface area contributed by atoms with Gasteiger partial charge in [-0.25, -0.2) is 18.1 Å². The number of rotatable bonds is 9. The molecule has 0 aliphatic heterocycles. The Kier molecular flexibility index (Phi) is 7.57. The first-order valence-electron chi connectivity index (χ1n) is 10.0. The maximum Gasteiger partial charge on any atom is 0.255 e. The molecule has 0 unspecified atom stereocenters. The minimum absolute atomic E-state index is 0.117. The molecular weight excluding hydrogens is 464 g/mol. The molecule has 1 aromatic heterocycles. The van der Waals surface area contributed by atoms with Gasteiger partial charge in [0.25, 0.3) is 5.91 Å². The fourth-order valence-electron chi connectivity index (χ4n) is 3.08. The van der Waals surface area contributed by atoms with Crippen molar-refractivity contribution in [2.45, 2.75) is 24.8 Å². The van der Waals surface area contributed by atoms with Crippen LogP contribution < -0.4 is 24.8 Å². The van der Waals surface area contributed by atoms with Crippen LogP contribution in [-0.2, 0) is 10.0 Å². The van der Waals surface area contributed by atoms with Crippen molar-refractivity contribution in [3.8, 4) is 22.8 Å². The van der Waals surface area contributed by atoms with Crippen LogP contribution in [0.4, 0.5) is 10.8 Å². The number of carbonyl (C=O) groups excluding carboxylic acids is 1. The Morgan fingerprint density at radius 3 is 2.36 bits per heavy atom. The highest BCUT2D eigenvalue weighted by Crippen LogP contribution is 2.33. The zero-order chi connectivity index (χ0) is 24.2. The van der Waals surface area contributed by atoms with Crippen molar-refractivity contribution in [1.82, 2.24) is 9.71 Å². The molecule has 0 aliphatic carbocycles. The molecule has 0 fully saturated rings. The van der Waals surface area contributed by atoms with Crippen LogP contribution in [0.3, 0.4) is 0 Å². The number of aromatic nitrogens is 1. The summed E-state index contributed by atoms with van der Waals surface area (Å²) in [7, 11) is 0.789. The molecule has 0 saturated carbocycles. The van der Waals surface area contributed by atoms with Crippen LogP contribution >= 0.6 is 11.3 Å². The minimum Gasteiger partial charge on any atom is -0.495 e. The maximum absolute atomic E-state index is 13.0. The third-order valence-electron chi connectivity index (χ3n) is 4.57. The van der Waals surface area contributed by atoms with E-state index in [1.807, 2.05) is 11.4 Å². The highest BCUT2D eigenvalue weighted by atomic mass is 32.2. The standard InChI is InChI=1S/C22H26N4O5S2/c1-13(2)26-33(28,29)20-11-15(7-9-19(20)31-5)21(27)24-16-10-14(6-8-18(16)30-4)17-12-32-22(23-3)25-17/h6-13,26H,1-5H3,(H,23,25)(H,24,27). The summed E-state index contributed by atoms with van der Waals surface area (Å²) < 4.78 is 38.6. The Morgan fingerprint density at radius 1 is 1.06 bits per heavy atom. The number of methoxy groups -OCH3 is 2. The van der Waals surface area contributed by atoms with Crippen molar-refractivity contribution < 1.29 is 22.7 Å². The molecule has 9 nitrogen and oxygen atoms in total. The molecule has 2 aromatic carbocycles. The Morgan fingerprint density at radius 2 is 1.76 bits per heavy atom. The number of hydrogen-bond acceptors (Lipinski definition) is 8. The summed E-state index contributed by atoms with van der Waals surface area (Å²) >= 11 is 1.47. The number of amides is 1. The second-order valence-electron chi connectivity index (χ2n) is 7.30. The van der Waals surface area contributed by atoms with Crippen LogP contribution in [0.15, 0.2) is 46.7 Å². The van der Waals surface area contributed by atoms with Crippen molar-refractivity contribution in [3.05, 3.63) is 47.3 Å². The van der Waals surface area contributed by atoms with Crippen molar-refractivity contribution in [2.24, 2.45) is 0 Å². The van der Waals surface area contributed by atoms with Gasteiger partial charge in [-0.1, -0.05) is 0 Å². The fourth-order valence-corrected chi connectivity index (χ4v) is 5.21. The zero-order valence-corrected chi connectivity index (χ0v) is 20.6. The predicted molar refractivity (Wildman–Crippen MR) is 130 cm³/mol. The molecule has 3 aromatic rings. The van der Waals surface area contributed by atoms with Gasteiger partial charge in [-0.15, -0.1) is 11.3 Å². The van der Waals surface area contributed by atoms with Gasteiger partial charge in [0.05, 0.1) is 25.6 Å². The zero-order valence-electron chi connectivity index (χ0n) is 18.9. The van der Waals surface area contributed by atoms with Gasteiger partial charge >= 0.3 is 0 Å². The Bertz CT molecular complexity index is 1260. The van der Waals surface area contributed by atoms with Gasteiger partial charge in [0, 0.05) is 29.6 Å². The Labute approximate surface area is 197 Å². The molecule has 0 bridgehead atoms. The van der Waals surface area contributed by atoms with Gasteiger partial charge in [-0.2, -0.15) is 0 Å². The molecule has 33 heavy (non-hydrogen) atoms. The first-order valence-corrected chi connectivity index (χ1v) is 12.4. The van der Waals surface area contributed by atoms with Crippen LogP contribution in [0.1, 0.15) is 24.2 Å². The average molecular weight is 491 g/mol. The van der Waals surface area contributed by atoms with Crippen LogP contribution in [0.2, 0.25) is 0 Å². The third-order valence-corrected chi connectivity index (χ3v) is 7.11. The van der Waals surface area contributed by atoms with E-state index >= 15 is 0 Å². The molecule has 0 atom stereocenters. The van der Waals surface area contributed by atoms with E-state index in [2.05, 4.69) is 20.3 Å². The molecule has 0 saturated heterocycles. The summed E-state index contributed by atoms with van der Waals surface area (Å²) in [6.07, 6.45) is 0. The van der Waals surface area contributed by atoms with Gasteiger partial charge in [-0.05, 0) is 50.2 Å². The van der Waals surface area contributed by atoms with E-state index in [0.717, 1.165) is 16.4 Å². The van der Waals surface area contributed by atoms with Gasteiger partial charge in [0.15, 0.2) is 5.13 Å². The molecule has 3 N–H and O–H groups in total. The molecule has 0 spiro atoms. The first kappa shape index (κ1) is 24.5. The summed E-state index contributed by atoms with van der Waals surface area (Å²) in [6, 6.07) is 9.25. The van der Waals surface area contributed by atoms with E-state index in [1.54, 1.807) is 33.0 Å². The number of hydrogen-bond donors (Lipinski definition) is 3. The monoisotopic (exact) mass is 490 g/mol. The predicted octanol–water partition coefficient (Wildman–Crippen LogP) is 3.81. The van der Waals surface area contributed by atoms with Crippen LogP contribution in [0.25, 0.3) is 11.3 Å². The van der Waals surface area contributed by atoms with E-state index in [9.17, 15) is 13.2 Å². The smallest absolute Gasteiger partial charge is 0.255 e. The quantitative estimate of drug-likeness (QED) is 0.417. The lowest BCUT2D eigenvalue weighted by atomic mass is 10.1.